The van der Waals surface area contributed by atoms with E-state index in [0.29, 0.717) is 6.54 Å². The van der Waals surface area contributed by atoms with Crippen molar-refractivity contribution in [1.29, 1.82) is 0 Å². The van der Waals surface area contributed by atoms with Gasteiger partial charge in [-0.15, -0.1) is 0 Å². The van der Waals surface area contributed by atoms with Crippen LogP contribution >= 0.6 is 0 Å². The van der Waals surface area contributed by atoms with Crippen LogP contribution in [0.15, 0.2) is 18.5 Å². The maximum absolute atomic E-state index is 11.6. The normalized spacial score (nSPS) is 18.1. The number of rotatable bonds is 4. The van der Waals surface area contributed by atoms with E-state index in [0.717, 1.165) is 18.4 Å². The smallest absolute Gasteiger partial charge is 0.167 e. The largest absolute Gasteiger partial charge is 0.392 e. The number of carbonyl (C=O) groups excluding carboxylic acids is 1. The van der Waals surface area contributed by atoms with Crippen LogP contribution in [0.4, 0.5) is 0 Å². The summed E-state index contributed by atoms with van der Waals surface area (Å²) in [5.41, 5.74) is 0.785. The number of aromatic nitrogens is 1. The molecule has 0 aliphatic heterocycles. The van der Waals surface area contributed by atoms with Crippen molar-refractivity contribution < 1.29 is 9.90 Å². The molecule has 3 heteroatoms. The fourth-order valence-corrected chi connectivity index (χ4v) is 1.59. The van der Waals surface area contributed by atoms with Gasteiger partial charge in [0.2, 0.25) is 0 Å². The summed E-state index contributed by atoms with van der Waals surface area (Å²) in [4.78, 5) is 11.6. The second kappa shape index (κ2) is 3.58. The Balaban J connectivity index is 2.05. The van der Waals surface area contributed by atoms with Gasteiger partial charge in [0.1, 0.15) is 0 Å². The van der Waals surface area contributed by atoms with Crippen molar-refractivity contribution in [1.82, 2.24) is 4.57 Å². The third-order valence-electron chi connectivity index (χ3n) is 2.46. The maximum Gasteiger partial charge on any atom is 0.167 e. The highest BCUT2D eigenvalue weighted by atomic mass is 16.3. The molecule has 1 aromatic heterocycles. The van der Waals surface area contributed by atoms with E-state index < -0.39 is 0 Å². The molecule has 1 atom stereocenters. The molecule has 0 bridgehead atoms. The monoisotopic (exact) mass is 193 g/mol. The van der Waals surface area contributed by atoms with Crippen LogP contribution in [0.1, 0.15) is 30.1 Å². The minimum Gasteiger partial charge on any atom is -0.392 e. The predicted molar refractivity (Wildman–Crippen MR) is 53.2 cm³/mol. The number of ketones is 1. The molecule has 14 heavy (non-hydrogen) atoms. The van der Waals surface area contributed by atoms with Gasteiger partial charge in [-0.3, -0.25) is 4.79 Å². The molecule has 0 spiro atoms. The molecular weight excluding hydrogens is 178 g/mol. The second-order valence-corrected chi connectivity index (χ2v) is 4.08. The van der Waals surface area contributed by atoms with Gasteiger partial charge < -0.3 is 9.67 Å². The van der Waals surface area contributed by atoms with Gasteiger partial charge in [-0.25, -0.2) is 0 Å². The van der Waals surface area contributed by atoms with Crippen molar-refractivity contribution in [2.24, 2.45) is 5.92 Å². The van der Waals surface area contributed by atoms with Crippen LogP contribution < -0.4 is 0 Å². The minimum atomic E-state index is -0.369. The zero-order valence-electron chi connectivity index (χ0n) is 8.31. The number of Topliss-reactive ketones (excluding diaryl/α,β-unsaturated/α-hetero) is 1. The van der Waals surface area contributed by atoms with Crippen LogP contribution in [-0.4, -0.2) is 21.6 Å². The molecular formula is C11H15NO2. The minimum absolute atomic E-state index is 0.259. The number of aliphatic hydroxyl groups excluding tert-OH is 1. The summed E-state index contributed by atoms with van der Waals surface area (Å²) in [6, 6.07) is 1.84. The Bertz CT molecular complexity index is 337. The van der Waals surface area contributed by atoms with E-state index in [4.69, 9.17) is 5.11 Å². The van der Waals surface area contributed by atoms with Gasteiger partial charge in [0.25, 0.3) is 0 Å². The Morgan fingerprint density at radius 1 is 1.71 bits per heavy atom. The molecule has 76 valence electrons. The van der Waals surface area contributed by atoms with Crippen LogP contribution in [0.2, 0.25) is 0 Å². The highest BCUT2D eigenvalue weighted by molar-refractivity contribution is 5.99. The average Bonchev–Trinajstić information content (AvgIpc) is 2.86. The topological polar surface area (TPSA) is 42.2 Å². The van der Waals surface area contributed by atoms with Gasteiger partial charge >= 0.3 is 0 Å². The first-order valence-electron chi connectivity index (χ1n) is 5.05. The Morgan fingerprint density at radius 3 is 3.00 bits per heavy atom. The zero-order valence-corrected chi connectivity index (χ0v) is 8.31. The van der Waals surface area contributed by atoms with Crippen molar-refractivity contribution in [2.75, 3.05) is 0 Å². The van der Waals surface area contributed by atoms with E-state index in [1.165, 1.54) is 0 Å². The first-order valence-corrected chi connectivity index (χ1v) is 5.05. The molecule has 0 radical (unpaired) electrons. The van der Waals surface area contributed by atoms with Gasteiger partial charge in [-0.2, -0.15) is 0 Å². The Kier molecular flexibility index (Phi) is 2.42. The van der Waals surface area contributed by atoms with Crippen LogP contribution in [0, 0.1) is 5.92 Å². The van der Waals surface area contributed by atoms with Gasteiger partial charge in [-0.1, -0.05) is 0 Å². The Labute approximate surface area is 83.4 Å². The molecule has 3 nitrogen and oxygen atoms in total. The first-order chi connectivity index (χ1) is 6.66. The fraction of sp³-hybridized carbons (Fsp3) is 0.545. The summed E-state index contributed by atoms with van der Waals surface area (Å²) >= 11 is 0. The van der Waals surface area contributed by atoms with Crippen molar-refractivity contribution in [3.05, 3.63) is 24.0 Å². The molecule has 1 aromatic rings. The average molecular weight is 193 g/mol. The fourth-order valence-electron chi connectivity index (χ4n) is 1.59. The lowest BCUT2D eigenvalue weighted by Crippen LogP contribution is -2.10. The van der Waals surface area contributed by atoms with Crippen LogP contribution in [0.3, 0.4) is 0 Å². The molecule has 1 aliphatic carbocycles. The molecule has 0 amide bonds. The van der Waals surface area contributed by atoms with E-state index in [2.05, 4.69) is 0 Å². The van der Waals surface area contributed by atoms with E-state index in [-0.39, 0.29) is 17.8 Å². The van der Waals surface area contributed by atoms with Crippen molar-refractivity contribution in [2.45, 2.75) is 32.4 Å². The van der Waals surface area contributed by atoms with Crippen LogP contribution in [-0.2, 0) is 6.54 Å². The van der Waals surface area contributed by atoms with Gasteiger partial charge in [0.15, 0.2) is 5.78 Å². The number of hydrogen-bond acceptors (Lipinski definition) is 2. The van der Waals surface area contributed by atoms with Crippen molar-refractivity contribution in [3.8, 4) is 0 Å². The number of aliphatic hydroxyl groups is 1. The van der Waals surface area contributed by atoms with E-state index in [9.17, 15) is 4.79 Å². The predicted octanol–water partition coefficient (Wildman–Crippen LogP) is 1.46. The number of hydrogen-bond donors (Lipinski definition) is 1. The summed E-state index contributed by atoms with van der Waals surface area (Å²) in [5.74, 6) is 0.534. The Hall–Kier alpha value is -1.09. The molecule has 0 aromatic carbocycles. The highest BCUT2D eigenvalue weighted by Crippen LogP contribution is 2.32. The summed E-state index contributed by atoms with van der Waals surface area (Å²) in [6.07, 6.45) is 5.39. The molecule has 0 saturated heterocycles. The molecule has 1 N–H and O–H groups in total. The summed E-state index contributed by atoms with van der Waals surface area (Å²) in [5, 5.41) is 9.17. The third-order valence-corrected chi connectivity index (χ3v) is 2.46. The molecule has 1 fully saturated rings. The quantitative estimate of drug-likeness (QED) is 0.735. The van der Waals surface area contributed by atoms with Gasteiger partial charge in [0, 0.05) is 30.4 Å². The first kappa shape index (κ1) is 9.46. The lowest BCUT2D eigenvalue weighted by molar-refractivity contribution is 0.0967. The van der Waals surface area contributed by atoms with E-state index in [1.54, 1.807) is 6.92 Å². The summed E-state index contributed by atoms with van der Waals surface area (Å²) in [6.45, 7) is 2.29. The van der Waals surface area contributed by atoms with Crippen molar-refractivity contribution in [3.63, 3.8) is 0 Å². The lowest BCUT2D eigenvalue weighted by atomic mass is 10.1. The highest BCUT2D eigenvalue weighted by Gasteiger charge is 2.30. The number of carbonyl (C=O) groups is 1. The lowest BCUT2D eigenvalue weighted by Gasteiger charge is -2.04. The van der Waals surface area contributed by atoms with Crippen molar-refractivity contribution >= 4 is 5.78 Å². The van der Waals surface area contributed by atoms with Gasteiger partial charge in [0.05, 0.1) is 6.10 Å². The van der Waals surface area contributed by atoms with Gasteiger partial charge in [-0.05, 0) is 25.8 Å². The summed E-state index contributed by atoms with van der Waals surface area (Å²) < 4.78 is 1.86. The van der Waals surface area contributed by atoms with Crippen LogP contribution in [0.5, 0.6) is 0 Å². The Morgan fingerprint density at radius 2 is 2.43 bits per heavy atom. The third kappa shape index (κ3) is 2.04. The molecule has 2 rings (SSSR count). The zero-order chi connectivity index (χ0) is 10.1. The molecule has 1 aliphatic rings. The molecule has 1 unspecified atom stereocenters. The van der Waals surface area contributed by atoms with E-state index in [1.807, 2.05) is 23.0 Å². The summed E-state index contributed by atoms with van der Waals surface area (Å²) in [7, 11) is 0. The molecule has 1 saturated carbocycles. The maximum atomic E-state index is 11.6. The van der Waals surface area contributed by atoms with E-state index >= 15 is 0 Å². The molecule has 1 heterocycles. The standard InChI is InChI=1S/C11H15NO2/c1-8(13)6-12-5-4-10(7-12)11(14)9-2-3-9/h4-5,7-9,13H,2-3,6H2,1H3. The SMILES string of the molecule is CC(O)Cn1ccc(C(=O)C2CC2)c1. The second-order valence-electron chi connectivity index (χ2n) is 4.08. The van der Waals surface area contributed by atoms with Crippen LogP contribution in [0.25, 0.3) is 0 Å². The number of nitrogens with zero attached hydrogens (tertiary/aromatic N) is 1.